The standard InChI is InChI=1S/C22H30FN5O2/c1-4-28(15(2)3)22(29)18-11-17(23)5-6-19(18)30-20-13-25-14-27-21(20)26-12-16-7-9-24-10-8-16/h5-6,11,13-16,24H,4,7-10,12H2,1-3H3,(H,25,26,27). The van der Waals surface area contributed by atoms with Gasteiger partial charge in [0.2, 0.25) is 0 Å². The molecule has 1 aliphatic heterocycles. The Morgan fingerprint density at radius 1 is 1.33 bits per heavy atom. The van der Waals surface area contributed by atoms with E-state index in [2.05, 4.69) is 20.6 Å². The van der Waals surface area contributed by atoms with Crippen LogP contribution in [-0.4, -0.2) is 53.0 Å². The quantitative estimate of drug-likeness (QED) is 0.685. The number of aromatic nitrogens is 2. The van der Waals surface area contributed by atoms with Crippen LogP contribution in [0, 0.1) is 11.7 Å². The molecule has 2 aromatic rings. The highest BCUT2D eigenvalue weighted by atomic mass is 19.1. The Balaban J connectivity index is 1.82. The summed E-state index contributed by atoms with van der Waals surface area (Å²) in [5, 5.41) is 6.70. The highest BCUT2D eigenvalue weighted by Gasteiger charge is 2.23. The zero-order valence-corrected chi connectivity index (χ0v) is 17.8. The molecule has 7 nitrogen and oxygen atoms in total. The van der Waals surface area contributed by atoms with E-state index >= 15 is 0 Å². The third-order valence-electron chi connectivity index (χ3n) is 5.31. The van der Waals surface area contributed by atoms with Gasteiger partial charge in [0.15, 0.2) is 11.6 Å². The Hall–Kier alpha value is -2.74. The molecular weight excluding hydrogens is 385 g/mol. The molecule has 1 amide bonds. The van der Waals surface area contributed by atoms with Crippen molar-refractivity contribution in [3.63, 3.8) is 0 Å². The molecule has 0 saturated carbocycles. The lowest BCUT2D eigenvalue weighted by Crippen LogP contribution is -2.36. The van der Waals surface area contributed by atoms with Crippen molar-refractivity contribution in [1.29, 1.82) is 0 Å². The molecule has 162 valence electrons. The lowest BCUT2D eigenvalue weighted by Gasteiger charge is -2.26. The molecule has 1 aromatic carbocycles. The third-order valence-corrected chi connectivity index (χ3v) is 5.31. The number of rotatable bonds is 8. The van der Waals surface area contributed by atoms with Crippen LogP contribution in [0.4, 0.5) is 10.2 Å². The number of carbonyl (C=O) groups excluding carboxylic acids is 1. The molecule has 1 saturated heterocycles. The van der Waals surface area contributed by atoms with Crippen LogP contribution in [0.15, 0.2) is 30.7 Å². The number of ether oxygens (including phenoxy) is 1. The number of nitrogens with one attached hydrogen (secondary N) is 2. The minimum atomic E-state index is -0.487. The first kappa shape index (κ1) is 22.0. The number of hydrogen-bond donors (Lipinski definition) is 2. The summed E-state index contributed by atoms with van der Waals surface area (Å²) in [7, 11) is 0. The Kier molecular flexibility index (Phi) is 7.57. The number of hydrogen-bond acceptors (Lipinski definition) is 6. The van der Waals surface area contributed by atoms with Crippen molar-refractivity contribution in [1.82, 2.24) is 20.2 Å². The Morgan fingerprint density at radius 3 is 2.80 bits per heavy atom. The zero-order valence-electron chi connectivity index (χ0n) is 17.8. The molecule has 0 spiro atoms. The number of piperidine rings is 1. The first-order valence-electron chi connectivity index (χ1n) is 10.5. The fourth-order valence-corrected chi connectivity index (χ4v) is 3.63. The summed E-state index contributed by atoms with van der Waals surface area (Å²) in [4.78, 5) is 23.0. The highest BCUT2D eigenvalue weighted by Crippen LogP contribution is 2.31. The predicted octanol–water partition coefficient (Wildman–Crippen LogP) is 3.69. The van der Waals surface area contributed by atoms with E-state index in [0.29, 0.717) is 24.0 Å². The maximum absolute atomic E-state index is 14.0. The van der Waals surface area contributed by atoms with Gasteiger partial charge in [-0.25, -0.2) is 14.4 Å². The molecule has 0 radical (unpaired) electrons. The van der Waals surface area contributed by atoms with Crippen molar-refractivity contribution in [2.24, 2.45) is 5.92 Å². The lowest BCUT2D eigenvalue weighted by molar-refractivity contribution is 0.0713. The largest absolute Gasteiger partial charge is 0.451 e. The van der Waals surface area contributed by atoms with Gasteiger partial charge in [0.1, 0.15) is 17.9 Å². The monoisotopic (exact) mass is 415 g/mol. The van der Waals surface area contributed by atoms with Gasteiger partial charge >= 0.3 is 0 Å². The van der Waals surface area contributed by atoms with Crippen molar-refractivity contribution in [2.75, 3.05) is 31.5 Å². The zero-order chi connectivity index (χ0) is 21.5. The second-order valence-corrected chi connectivity index (χ2v) is 7.74. The van der Waals surface area contributed by atoms with Crippen LogP contribution < -0.4 is 15.4 Å². The molecule has 8 heteroatoms. The molecular formula is C22H30FN5O2. The Bertz CT molecular complexity index is 855. The predicted molar refractivity (Wildman–Crippen MR) is 114 cm³/mol. The molecule has 0 atom stereocenters. The van der Waals surface area contributed by atoms with Crippen LogP contribution in [0.1, 0.15) is 44.0 Å². The molecule has 3 rings (SSSR count). The molecule has 1 aliphatic rings. The van der Waals surface area contributed by atoms with Gasteiger partial charge in [0.25, 0.3) is 5.91 Å². The number of benzene rings is 1. The van der Waals surface area contributed by atoms with Gasteiger partial charge in [-0.05, 0) is 70.8 Å². The van der Waals surface area contributed by atoms with Gasteiger partial charge in [0, 0.05) is 19.1 Å². The van der Waals surface area contributed by atoms with Crippen molar-refractivity contribution in [3.05, 3.63) is 42.1 Å². The summed E-state index contributed by atoms with van der Waals surface area (Å²) in [5.41, 5.74) is 0.179. The van der Waals surface area contributed by atoms with E-state index in [0.717, 1.165) is 32.5 Å². The highest BCUT2D eigenvalue weighted by molar-refractivity contribution is 5.97. The fourth-order valence-electron chi connectivity index (χ4n) is 3.63. The maximum Gasteiger partial charge on any atom is 0.257 e. The second kappa shape index (κ2) is 10.3. The smallest absolute Gasteiger partial charge is 0.257 e. The van der Waals surface area contributed by atoms with Crippen LogP contribution in [0.3, 0.4) is 0 Å². The van der Waals surface area contributed by atoms with Gasteiger partial charge in [-0.15, -0.1) is 0 Å². The second-order valence-electron chi connectivity index (χ2n) is 7.74. The minimum absolute atomic E-state index is 0.0131. The number of anilines is 1. The van der Waals surface area contributed by atoms with Gasteiger partial charge in [-0.3, -0.25) is 4.79 Å². The van der Waals surface area contributed by atoms with Crippen molar-refractivity contribution >= 4 is 11.7 Å². The van der Waals surface area contributed by atoms with E-state index in [4.69, 9.17) is 4.74 Å². The normalized spacial score (nSPS) is 14.6. The molecule has 0 bridgehead atoms. The van der Waals surface area contributed by atoms with Crippen LogP contribution in [0.25, 0.3) is 0 Å². The lowest BCUT2D eigenvalue weighted by atomic mass is 9.98. The third kappa shape index (κ3) is 5.44. The van der Waals surface area contributed by atoms with Gasteiger partial charge in [0.05, 0.1) is 11.8 Å². The average molecular weight is 416 g/mol. The molecule has 0 aliphatic carbocycles. The first-order chi connectivity index (χ1) is 14.5. The summed E-state index contributed by atoms with van der Waals surface area (Å²) in [6.45, 7) is 9.08. The van der Waals surface area contributed by atoms with Crippen molar-refractivity contribution < 1.29 is 13.9 Å². The maximum atomic E-state index is 14.0. The van der Waals surface area contributed by atoms with E-state index in [-0.39, 0.29) is 23.3 Å². The minimum Gasteiger partial charge on any atom is -0.451 e. The van der Waals surface area contributed by atoms with Gasteiger partial charge < -0.3 is 20.3 Å². The molecule has 1 aromatic heterocycles. The number of carbonyl (C=O) groups is 1. The summed E-state index contributed by atoms with van der Waals surface area (Å²) in [5.74, 6) is 1.03. The van der Waals surface area contributed by atoms with E-state index in [1.165, 1.54) is 24.5 Å². The summed E-state index contributed by atoms with van der Waals surface area (Å²) >= 11 is 0. The van der Waals surface area contributed by atoms with Crippen LogP contribution in [0.2, 0.25) is 0 Å². The van der Waals surface area contributed by atoms with E-state index < -0.39 is 5.82 Å². The van der Waals surface area contributed by atoms with Crippen molar-refractivity contribution in [2.45, 2.75) is 39.7 Å². The SMILES string of the molecule is CCN(C(=O)c1cc(F)ccc1Oc1cncnc1NCC1CCNCC1)C(C)C. The van der Waals surface area contributed by atoms with E-state index in [1.807, 2.05) is 20.8 Å². The molecule has 2 N–H and O–H groups in total. The summed E-state index contributed by atoms with van der Waals surface area (Å²) in [6, 6.07) is 3.96. The molecule has 30 heavy (non-hydrogen) atoms. The van der Waals surface area contributed by atoms with Gasteiger partial charge in [-0.2, -0.15) is 0 Å². The topological polar surface area (TPSA) is 79.4 Å². The number of amides is 1. The number of nitrogens with zero attached hydrogens (tertiary/aromatic N) is 3. The van der Waals surface area contributed by atoms with Crippen LogP contribution in [0.5, 0.6) is 11.5 Å². The molecule has 2 heterocycles. The molecule has 0 unspecified atom stereocenters. The van der Waals surface area contributed by atoms with E-state index in [1.54, 1.807) is 11.1 Å². The summed E-state index contributed by atoms with van der Waals surface area (Å²) in [6.07, 6.45) is 5.21. The van der Waals surface area contributed by atoms with Crippen molar-refractivity contribution in [3.8, 4) is 11.5 Å². The fraction of sp³-hybridized carbons (Fsp3) is 0.500. The van der Waals surface area contributed by atoms with Crippen LogP contribution in [-0.2, 0) is 0 Å². The Morgan fingerprint density at radius 2 is 2.10 bits per heavy atom. The van der Waals surface area contributed by atoms with E-state index in [9.17, 15) is 9.18 Å². The molecule has 1 fully saturated rings. The van der Waals surface area contributed by atoms with Gasteiger partial charge in [-0.1, -0.05) is 0 Å². The Labute approximate surface area is 177 Å². The summed E-state index contributed by atoms with van der Waals surface area (Å²) < 4.78 is 20.0. The number of halogens is 1. The average Bonchev–Trinajstić information content (AvgIpc) is 2.75. The van der Waals surface area contributed by atoms with Crippen LogP contribution >= 0.6 is 0 Å². The first-order valence-corrected chi connectivity index (χ1v) is 10.5.